The van der Waals surface area contributed by atoms with Gasteiger partial charge in [-0.05, 0) is 37.8 Å². The van der Waals surface area contributed by atoms with Gasteiger partial charge in [0.05, 0.1) is 13.2 Å². The standard InChI is InChI=1S/C23H32FN7O2/c1-33-19-11-10-16(13-18(19)24)26-21-27-20(15-7-4-2-3-5-8-15)28-22(31(21)25)30-14-17-9-6-12-29(17)23(30)32/h10-11,13,15,17,22H,2-9,12,14,25H2,1H3,(H,26,27,28). The molecule has 0 radical (unpaired) electrons. The van der Waals surface area contributed by atoms with E-state index in [1.54, 1.807) is 17.0 Å². The molecule has 2 unspecified atom stereocenters. The van der Waals surface area contributed by atoms with E-state index in [1.165, 1.54) is 31.0 Å². The first-order valence-corrected chi connectivity index (χ1v) is 11.9. The van der Waals surface area contributed by atoms with Gasteiger partial charge in [-0.3, -0.25) is 4.90 Å². The molecule has 1 saturated carbocycles. The molecule has 0 aromatic heterocycles. The van der Waals surface area contributed by atoms with E-state index in [0.717, 1.165) is 50.9 Å². The van der Waals surface area contributed by atoms with E-state index in [1.807, 2.05) is 4.90 Å². The molecule has 10 heteroatoms. The first kappa shape index (κ1) is 21.9. The molecule has 0 bridgehead atoms. The van der Waals surface area contributed by atoms with Gasteiger partial charge in [-0.2, -0.15) is 4.99 Å². The number of fused-ring (bicyclic) bond motifs is 1. The predicted octanol–water partition coefficient (Wildman–Crippen LogP) is 3.34. The highest BCUT2D eigenvalue weighted by molar-refractivity contribution is 6.04. The molecule has 3 fully saturated rings. The zero-order chi connectivity index (χ0) is 22.9. The lowest BCUT2D eigenvalue weighted by molar-refractivity contribution is 0.126. The van der Waals surface area contributed by atoms with E-state index >= 15 is 0 Å². The first-order valence-electron chi connectivity index (χ1n) is 11.9. The van der Waals surface area contributed by atoms with Gasteiger partial charge in [0.25, 0.3) is 0 Å². The van der Waals surface area contributed by atoms with E-state index in [0.29, 0.717) is 18.2 Å². The third-order valence-electron chi connectivity index (χ3n) is 7.14. The topological polar surface area (TPSA) is 98.8 Å². The molecule has 2 amide bonds. The fraction of sp³-hybridized carbons (Fsp3) is 0.609. The third-order valence-corrected chi connectivity index (χ3v) is 7.14. The molecule has 1 aliphatic carbocycles. The predicted molar refractivity (Wildman–Crippen MR) is 124 cm³/mol. The van der Waals surface area contributed by atoms with Crippen LogP contribution in [0, 0.1) is 11.7 Å². The molecule has 5 rings (SSSR count). The van der Waals surface area contributed by atoms with E-state index in [4.69, 9.17) is 20.6 Å². The molecule has 4 aliphatic rings. The number of nitrogens with zero attached hydrogens (tertiary/aromatic N) is 5. The number of amides is 2. The number of aliphatic imine (C=N–C) groups is 2. The minimum absolute atomic E-state index is 0.0290. The maximum atomic E-state index is 14.3. The number of hydrogen-bond acceptors (Lipinski definition) is 7. The maximum absolute atomic E-state index is 14.3. The lowest BCUT2D eigenvalue weighted by Gasteiger charge is -2.37. The van der Waals surface area contributed by atoms with Gasteiger partial charge in [-0.15, -0.1) is 0 Å². The summed E-state index contributed by atoms with van der Waals surface area (Å²) in [6.45, 7) is 1.38. The van der Waals surface area contributed by atoms with Gasteiger partial charge in [0, 0.05) is 30.8 Å². The van der Waals surface area contributed by atoms with Crippen molar-refractivity contribution < 1.29 is 13.9 Å². The summed E-state index contributed by atoms with van der Waals surface area (Å²) in [7, 11) is 1.43. The van der Waals surface area contributed by atoms with Crippen LogP contribution in [0.5, 0.6) is 5.75 Å². The number of carbonyl (C=O) groups is 1. The summed E-state index contributed by atoms with van der Waals surface area (Å²) in [4.78, 5) is 26.5. The number of rotatable bonds is 4. The maximum Gasteiger partial charge on any atom is 0.323 e. The van der Waals surface area contributed by atoms with Crippen LogP contribution in [-0.4, -0.2) is 65.2 Å². The summed E-state index contributed by atoms with van der Waals surface area (Å²) in [6.07, 6.45) is 8.12. The molecule has 2 saturated heterocycles. The van der Waals surface area contributed by atoms with E-state index in [-0.39, 0.29) is 23.7 Å². The normalized spacial score (nSPS) is 26.2. The van der Waals surface area contributed by atoms with Crippen molar-refractivity contribution in [3.8, 4) is 5.75 Å². The van der Waals surface area contributed by atoms with Gasteiger partial charge >= 0.3 is 6.03 Å². The average molecular weight is 458 g/mol. The van der Waals surface area contributed by atoms with E-state index in [9.17, 15) is 9.18 Å². The van der Waals surface area contributed by atoms with Gasteiger partial charge in [0.15, 0.2) is 11.6 Å². The molecule has 0 spiro atoms. The smallest absolute Gasteiger partial charge is 0.323 e. The van der Waals surface area contributed by atoms with Gasteiger partial charge < -0.3 is 15.0 Å². The van der Waals surface area contributed by atoms with Crippen LogP contribution in [0.15, 0.2) is 28.2 Å². The molecule has 1 aromatic rings. The van der Waals surface area contributed by atoms with E-state index < -0.39 is 12.1 Å². The third kappa shape index (κ3) is 4.23. The molecule has 3 heterocycles. The van der Waals surface area contributed by atoms with Gasteiger partial charge in [-0.1, -0.05) is 25.7 Å². The van der Waals surface area contributed by atoms with Crippen molar-refractivity contribution >= 4 is 23.5 Å². The molecular weight excluding hydrogens is 425 g/mol. The number of carbonyl (C=O) groups excluding carboxylic acids is 1. The number of halogens is 1. The van der Waals surface area contributed by atoms with Crippen molar-refractivity contribution in [1.82, 2.24) is 14.8 Å². The second-order valence-corrected chi connectivity index (χ2v) is 9.26. The summed E-state index contributed by atoms with van der Waals surface area (Å²) >= 11 is 0. The second-order valence-electron chi connectivity index (χ2n) is 9.26. The molecule has 33 heavy (non-hydrogen) atoms. The Kier molecular flexibility index (Phi) is 6.09. The van der Waals surface area contributed by atoms with Crippen molar-refractivity contribution in [2.45, 2.75) is 63.7 Å². The van der Waals surface area contributed by atoms with Crippen molar-refractivity contribution in [3.05, 3.63) is 24.0 Å². The Hall–Kier alpha value is -2.88. The molecule has 1 aromatic carbocycles. The molecular formula is C23H32FN7O2. The number of amidine groups is 1. The Morgan fingerprint density at radius 2 is 1.91 bits per heavy atom. The number of benzene rings is 1. The largest absolute Gasteiger partial charge is 0.494 e. The number of ether oxygens (including phenoxy) is 1. The summed E-state index contributed by atoms with van der Waals surface area (Å²) in [6, 6.07) is 4.80. The number of hydrazine groups is 1. The molecule has 3 N–H and O–H groups in total. The van der Waals surface area contributed by atoms with Gasteiger partial charge in [-0.25, -0.2) is 25.0 Å². The minimum atomic E-state index is -0.676. The Bertz CT molecular complexity index is 960. The highest BCUT2D eigenvalue weighted by atomic mass is 19.1. The summed E-state index contributed by atoms with van der Waals surface area (Å²) in [5.74, 6) is 7.48. The zero-order valence-corrected chi connectivity index (χ0v) is 19.0. The molecule has 3 aliphatic heterocycles. The molecule has 9 nitrogen and oxygen atoms in total. The van der Waals surface area contributed by atoms with Crippen LogP contribution >= 0.6 is 0 Å². The Morgan fingerprint density at radius 1 is 1.12 bits per heavy atom. The SMILES string of the molecule is COc1ccc(NC2=NC(C3CCCCCC3)=NC(N3CC4CCCN4C3=O)N2N)cc1F. The quantitative estimate of drug-likeness (QED) is 0.534. The number of nitrogens with one attached hydrogen (secondary N) is 1. The van der Waals surface area contributed by atoms with Crippen LogP contribution in [0.1, 0.15) is 51.4 Å². The number of urea groups is 1. The fourth-order valence-electron chi connectivity index (χ4n) is 5.35. The summed E-state index contributed by atoms with van der Waals surface area (Å²) in [5, 5.41) is 4.54. The number of guanidine groups is 1. The van der Waals surface area contributed by atoms with Crippen molar-refractivity contribution in [2.75, 3.05) is 25.5 Å². The monoisotopic (exact) mass is 457 g/mol. The minimum Gasteiger partial charge on any atom is -0.494 e. The van der Waals surface area contributed by atoms with Crippen LogP contribution in [-0.2, 0) is 0 Å². The van der Waals surface area contributed by atoms with Crippen molar-refractivity contribution in [2.24, 2.45) is 21.7 Å². The Balaban J connectivity index is 1.44. The van der Waals surface area contributed by atoms with Crippen molar-refractivity contribution in [1.29, 1.82) is 0 Å². The second kappa shape index (κ2) is 9.17. The van der Waals surface area contributed by atoms with Gasteiger partial charge in [0.2, 0.25) is 12.2 Å². The lowest BCUT2D eigenvalue weighted by atomic mass is 9.99. The van der Waals surface area contributed by atoms with Crippen LogP contribution in [0.2, 0.25) is 0 Å². The first-order chi connectivity index (χ1) is 16.0. The van der Waals surface area contributed by atoms with Crippen LogP contribution in [0.4, 0.5) is 14.9 Å². The Morgan fingerprint density at radius 3 is 2.61 bits per heavy atom. The number of anilines is 1. The number of methoxy groups -OCH3 is 1. The van der Waals surface area contributed by atoms with Crippen LogP contribution < -0.4 is 15.9 Å². The molecule has 178 valence electrons. The lowest BCUT2D eigenvalue weighted by Crippen LogP contribution is -2.58. The van der Waals surface area contributed by atoms with Crippen LogP contribution in [0.25, 0.3) is 0 Å². The highest BCUT2D eigenvalue weighted by Gasteiger charge is 2.46. The highest BCUT2D eigenvalue weighted by Crippen LogP contribution is 2.31. The van der Waals surface area contributed by atoms with E-state index in [2.05, 4.69) is 5.32 Å². The molecule has 2 atom stereocenters. The average Bonchev–Trinajstić information content (AvgIpc) is 3.27. The number of hydrogen-bond donors (Lipinski definition) is 2. The zero-order valence-electron chi connectivity index (χ0n) is 19.0. The van der Waals surface area contributed by atoms with Crippen LogP contribution in [0.3, 0.4) is 0 Å². The summed E-state index contributed by atoms with van der Waals surface area (Å²) < 4.78 is 19.3. The number of nitrogens with two attached hydrogens (primary N) is 1. The fourth-order valence-corrected chi connectivity index (χ4v) is 5.35. The van der Waals surface area contributed by atoms with Gasteiger partial charge in [0.1, 0.15) is 5.84 Å². The Labute approximate surface area is 193 Å². The summed E-state index contributed by atoms with van der Waals surface area (Å²) in [5.41, 5.74) is 0.497. The van der Waals surface area contributed by atoms with Crippen molar-refractivity contribution in [3.63, 3.8) is 0 Å².